The van der Waals surface area contributed by atoms with Crippen LogP contribution in [0, 0.1) is 78.8 Å². The van der Waals surface area contributed by atoms with Crippen molar-refractivity contribution in [3.8, 4) is 6.07 Å². The third-order valence-electron chi connectivity index (χ3n) is 23.6. The van der Waals surface area contributed by atoms with Gasteiger partial charge in [0.15, 0.2) is 12.0 Å². The van der Waals surface area contributed by atoms with Gasteiger partial charge < -0.3 is 43.7 Å². The molecule has 0 aromatic heterocycles. The van der Waals surface area contributed by atoms with Gasteiger partial charge in [0.1, 0.15) is 29.0 Å². The van der Waals surface area contributed by atoms with Gasteiger partial charge in [-0.1, -0.05) is 34.1 Å². The summed E-state index contributed by atoms with van der Waals surface area (Å²) in [5.74, 6) is -0.566. The number of aliphatic hydroxyl groups is 3. The summed E-state index contributed by atoms with van der Waals surface area (Å²) in [6.07, 6.45) is 19.1. The number of nitriles is 1. The molecule has 1 saturated heterocycles. The predicted octanol–water partition coefficient (Wildman–Crippen LogP) is 12.3. The second-order valence-corrected chi connectivity index (χ2v) is 32.7. The molecule has 12 aliphatic rings. The lowest BCUT2D eigenvalue weighted by molar-refractivity contribution is -0.264. The quantitative estimate of drug-likeness (QED) is 0.0961. The Bertz CT molecular complexity index is 2490. The zero-order chi connectivity index (χ0) is 62.9. The first-order chi connectivity index (χ1) is 38.5. The summed E-state index contributed by atoms with van der Waals surface area (Å²) in [4.78, 5) is 73.0. The van der Waals surface area contributed by atoms with Gasteiger partial charge in [-0.2, -0.15) is 5.26 Å². The van der Waals surface area contributed by atoms with Gasteiger partial charge in [-0.3, -0.25) is 24.0 Å². The molecule has 0 aromatic carbocycles. The van der Waals surface area contributed by atoms with E-state index in [-0.39, 0.29) is 57.5 Å². The van der Waals surface area contributed by atoms with Crippen LogP contribution in [0.5, 0.6) is 0 Å². The second-order valence-electron chi connectivity index (χ2n) is 32.7. The first-order valence-corrected chi connectivity index (χ1v) is 32.4. The maximum absolute atomic E-state index is 12.8. The summed E-state index contributed by atoms with van der Waals surface area (Å²) < 4.78 is 33.5. The van der Waals surface area contributed by atoms with Crippen molar-refractivity contribution in [2.45, 2.75) is 311 Å². The highest BCUT2D eigenvalue weighted by Gasteiger charge is 2.73. The molecule has 12 rings (SSSR count). The summed E-state index contributed by atoms with van der Waals surface area (Å²) in [6, 6.07) is 2.10. The fraction of sp³-hybridized carbons (Fsp3) is 0.897. The molecule has 3 N–H and O–H groups in total. The van der Waals surface area contributed by atoms with E-state index in [9.17, 15) is 49.3 Å². The van der Waals surface area contributed by atoms with Crippen LogP contribution in [0.25, 0.3) is 0 Å². The Morgan fingerprint density at radius 1 is 0.607 bits per heavy atom. The van der Waals surface area contributed by atoms with Crippen LogP contribution in [0.2, 0.25) is 0 Å². The van der Waals surface area contributed by atoms with Gasteiger partial charge in [0.05, 0.1) is 44.5 Å². The van der Waals surface area contributed by atoms with Crippen molar-refractivity contribution >= 4 is 35.8 Å². The monoisotopic (exact) mass is 1180 g/mol. The van der Waals surface area contributed by atoms with Gasteiger partial charge in [-0.25, -0.2) is 4.79 Å². The molecule has 0 radical (unpaired) electrons. The molecule has 12 fully saturated rings. The number of fused-ring (bicyclic) bond motifs is 1. The van der Waals surface area contributed by atoms with E-state index in [1.165, 1.54) is 25.7 Å². The van der Waals surface area contributed by atoms with E-state index in [0.29, 0.717) is 50.4 Å². The molecule has 0 amide bonds. The van der Waals surface area contributed by atoms with Crippen LogP contribution in [0.4, 0.5) is 0 Å². The predicted molar refractivity (Wildman–Crippen MR) is 315 cm³/mol. The van der Waals surface area contributed by atoms with E-state index in [1.807, 2.05) is 83.1 Å². The number of ether oxygens (including phenoxy) is 6. The zero-order valence-corrected chi connectivity index (χ0v) is 54.7. The number of carbonyl (C=O) groups excluding carboxylic acids is 6. The molecule has 476 valence electrons. The number of nitrogens with zero attached hydrogens (tertiary/aromatic N) is 1. The fourth-order valence-electron chi connectivity index (χ4n) is 17.0. The molecule has 1 heterocycles. The molecular formula is C68H109NO15. The van der Waals surface area contributed by atoms with Gasteiger partial charge in [0.2, 0.25) is 0 Å². The number of esters is 6. The van der Waals surface area contributed by atoms with Gasteiger partial charge >= 0.3 is 35.8 Å². The highest BCUT2D eigenvalue weighted by molar-refractivity contribution is 5.85. The maximum atomic E-state index is 12.8. The first-order valence-electron chi connectivity index (χ1n) is 32.4. The Hall–Kier alpha value is -3.81. The van der Waals surface area contributed by atoms with Gasteiger partial charge in [-0.05, 0) is 235 Å². The van der Waals surface area contributed by atoms with E-state index in [1.54, 1.807) is 13.8 Å². The van der Waals surface area contributed by atoms with Crippen molar-refractivity contribution in [3.63, 3.8) is 0 Å². The molecular weight excluding hydrogens is 1070 g/mol. The molecule has 9 unspecified atom stereocenters. The minimum Gasteiger partial charge on any atom is -0.459 e. The van der Waals surface area contributed by atoms with Crippen molar-refractivity contribution in [1.82, 2.24) is 0 Å². The number of carbonyl (C=O) groups is 6. The van der Waals surface area contributed by atoms with Crippen molar-refractivity contribution in [2.75, 3.05) is 6.61 Å². The Morgan fingerprint density at radius 2 is 1.10 bits per heavy atom. The fourth-order valence-corrected chi connectivity index (χ4v) is 17.0. The van der Waals surface area contributed by atoms with Crippen molar-refractivity contribution in [3.05, 3.63) is 0 Å². The molecule has 0 aromatic rings. The lowest BCUT2D eigenvalue weighted by Gasteiger charge is -2.68. The maximum Gasteiger partial charge on any atom is 0.344 e. The van der Waals surface area contributed by atoms with E-state index in [4.69, 9.17) is 28.4 Å². The van der Waals surface area contributed by atoms with Crippen LogP contribution in [0.3, 0.4) is 0 Å². The Balaban J connectivity index is 0.000000163. The molecule has 0 spiro atoms. The highest BCUT2D eigenvalue weighted by Crippen LogP contribution is 2.71. The lowest BCUT2D eigenvalue weighted by atomic mass is 9.38. The Kier molecular flexibility index (Phi) is 18.8. The summed E-state index contributed by atoms with van der Waals surface area (Å²) in [7, 11) is 0. The van der Waals surface area contributed by atoms with Crippen molar-refractivity contribution < 1.29 is 72.5 Å². The third-order valence-corrected chi connectivity index (χ3v) is 23.6. The molecule has 84 heavy (non-hydrogen) atoms. The smallest absolute Gasteiger partial charge is 0.344 e. The zero-order valence-electron chi connectivity index (χ0n) is 54.7. The average molecular weight is 1180 g/mol. The largest absolute Gasteiger partial charge is 0.459 e. The van der Waals surface area contributed by atoms with E-state index < -0.39 is 86.4 Å². The second kappa shape index (κ2) is 23.3. The third kappa shape index (κ3) is 13.3. The number of hydrogen-bond donors (Lipinski definition) is 3. The minimum atomic E-state index is -1.06. The minimum absolute atomic E-state index is 0.0105. The molecule has 9 atom stereocenters. The first kappa shape index (κ1) is 67.7. The van der Waals surface area contributed by atoms with Crippen molar-refractivity contribution in [2.24, 2.45) is 67.5 Å². The normalized spacial score (nSPS) is 36.5. The van der Waals surface area contributed by atoms with Gasteiger partial charge in [-0.15, -0.1) is 0 Å². The molecule has 11 aliphatic carbocycles. The SMILES string of the molecule is CCC(C)(C)C(=O)OC(C)(C)C12CC3CC(CC(C(C)(C)O)(C3)C1)C2.CCC(C)(C)C(=O)OC1(C)CCCCC1.CCC(C)(C)C(=O)OC12CC3CC(O)(CC(O)(C3)C1)C2.CCC(C)(C)C(=O)OCC(=O)OC1C2CC3C1OC(=O)C3(C#N)C2. The standard InChI is InChI=1S/C22H38O3.C17H21NO6.C16H26O4.C13H24O2/c1-8-18(2,3)17(23)25-20(6,7)22-12-15-9-16(13-22)11-21(10-15,14-22)19(4,5)24;1-4-16(2,3)14(20)22-7-11(19)23-12-9-5-10-13(12)24-15(21)17(10,6-9)8-18;1-4-13(2,3)12(17)20-16-7-11-5-14(18,9-16)8-15(19,6-11)10-16;1-5-12(2,3)11(14)15-13(4)9-7-6-8-10-13/h15-16,24H,8-14H2,1-7H3;9-10,12-13H,4-7H2,1-3H3;11,18-19H,4-10H2,1-3H3;5-10H2,1-4H3. The summed E-state index contributed by atoms with van der Waals surface area (Å²) in [6.45, 7) is 32.9. The van der Waals surface area contributed by atoms with Crippen LogP contribution >= 0.6 is 0 Å². The van der Waals surface area contributed by atoms with E-state index in [2.05, 4.69) is 26.8 Å². The van der Waals surface area contributed by atoms with E-state index >= 15 is 0 Å². The van der Waals surface area contributed by atoms with Gasteiger partial charge in [0.25, 0.3) is 0 Å². The lowest BCUT2D eigenvalue weighted by Crippen LogP contribution is -2.67. The molecule has 16 nitrogen and oxygen atoms in total. The molecule has 10 bridgehead atoms. The van der Waals surface area contributed by atoms with E-state index in [0.717, 1.165) is 83.5 Å². The number of rotatable bonds is 16. The number of hydrogen-bond acceptors (Lipinski definition) is 16. The van der Waals surface area contributed by atoms with Crippen molar-refractivity contribution in [1.29, 1.82) is 5.26 Å². The van der Waals surface area contributed by atoms with Crippen LogP contribution in [-0.2, 0) is 57.2 Å². The highest BCUT2D eigenvalue weighted by atomic mass is 16.6. The van der Waals surface area contributed by atoms with Crippen LogP contribution in [0.15, 0.2) is 0 Å². The average Bonchev–Trinajstić information content (AvgIpc) is 1.03. The molecule has 1 aliphatic heterocycles. The summed E-state index contributed by atoms with van der Waals surface area (Å²) >= 11 is 0. The van der Waals surface area contributed by atoms with Crippen LogP contribution < -0.4 is 0 Å². The molecule has 16 heteroatoms. The topological polar surface area (TPSA) is 242 Å². The Morgan fingerprint density at radius 3 is 1.58 bits per heavy atom. The molecule has 11 saturated carbocycles. The van der Waals surface area contributed by atoms with Crippen LogP contribution in [0.1, 0.15) is 265 Å². The summed E-state index contributed by atoms with van der Waals surface area (Å²) in [5, 5.41) is 41.6. The Labute approximate surface area is 503 Å². The van der Waals surface area contributed by atoms with Crippen LogP contribution in [-0.4, -0.2) is 104 Å². The van der Waals surface area contributed by atoms with Gasteiger partial charge in [0, 0.05) is 36.5 Å². The summed E-state index contributed by atoms with van der Waals surface area (Å²) in [5.41, 5.74) is -6.66.